The molecule has 1 amide bonds. The third-order valence-electron chi connectivity index (χ3n) is 2.60. The van der Waals surface area contributed by atoms with E-state index in [-0.39, 0.29) is 21.4 Å². The second-order valence-electron chi connectivity index (χ2n) is 3.97. The highest BCUT2D eigenvalue weighted by atomic mass is 79.9. The van der Waals surface area contributed by atoms with Crippen molar-refractivity contribution in [1.29, 1.82) is 0 Å². The van der Waals surface area contributed by atoms with Crippen LogP contribution in [-0.2, 0) is 0 Å². The maximum absolute atomic E-state index is 13.4. The fourth-order valence-electron chi connectivity index (χ4n) is 1.63. The lowest BCUT2D eigenvalue weighted by Crippen LogP contribution is -2.14. The number of amides is 1. The summed E-state index contributed by atoms with van der Waals surface area (Å²) in [5.74, 6) is -1.24. The van der Waals surface area contributed by atoms with Crippen molar-refractivity contribution in [3.63, 3.8) is 0 Å². The summed E-state index contributed by atoms with van der Waals surface area (Å²) in [6.45, 7) is 0. The van der Waals surface area contributed by atoms with E-state index in [0.717, 1.165) is 0 Å². The van der Waals surface area contributed by atoms with E-state index in [1.165, 1.54) is 30.3 Å². The van der Waals surface area contributed by atoms with Gasteiger partial charge in [-0.3, -0.25) is 14.9 Å². The lowest BCUT2D eigenvalue weighted by Gasteiger charge is -2.08. The van der Waals surface area contributed by atoms with Crippen LogP contribution in [0.25, 0.3) is 0 Å². The normalized spacial score (nSPS) is 10.2. The van der Waals surface area contributed by atoms with Gasteiger partial charge in [0.2, 0.25) is 0 Å². The van der Waals surface area contributed by atoms with Crippen molar-refractivity contribution in [3.05, 3.63) is 66.8 Å². The van der Waals surface area contributed by atoms with Gasteiger partial charge in [0.1, 0.15) is 11.5 Å². The molecule has 0 radical (unpaired) electrons. The summed E-state index contributed by atoms with van der Waals surface area (Å²) in [6, 6.07) is 8.22. The Balaban J connectivity index is 2.36. The smallest absolute Gasteiger partial charge is 0.293 e. The molecule has 2 aromatic rings. The second-order valence-corrected chi connectivity index (χ2v) is 5.68. The van der Waals surface area contributed by atoms with Crippen LogP contribution in [-0.4, -0.2) is 10.8 Å². The van der Waals surface area contributed by atoms with Gasteiger partial charge in [0.15, 0.2) is 0 Å². The van der Waals surface area contributed by atoms with Crippen molar-refractivity contribution in [3.8, 4) is 0 Å². The molecule has 0 unspecified atom stereocenters. The maximum atomic E-state index is 13.4. The fraction of sp³-hybridized carbons (Fsp3) is 0. The number of nitro benzene ring substituents is 1. The number of benzene rings is 2. The summed E-state index contributed by atoms with van der Waals surface area (Å²) < 4.78 is 13.9. The molecule has 2 rings (SSSR count). The molecule has 21 heavy (non-hydrogen) atoms. The van der Waals surface area contributed by atoms with Crippen molar-refractivity contribution in [1.82, 2.24) is 0 Å². The van der Waals surface area contributed by atoms with Crippen LogP contribution in [0.1, 0.15) is 10.4 Å². The number of nitrogens with one attached hydrogen (secondary N) is 1. The molecule has 0 saturated carbocycles. The molecule has 108 valence electrons. The van der Waals surface area contributed by atoms with Crippen molar-refractivity contribution in [2.45, 2.75) is 0 Å². The quantitative estimate of drug-likeness (QED) is 0.589. The van der Waals surface area contributed by atoms with Gasteiger partial charge in [0, 0.05) is 10.5 Å². The topological polar surface area (TPSA) is 72.2 Å². The third-order valence-corrected chi connectivity index (χ3v) is 3.90. The Labute approximate surface area is 135 Å². The molecular formula is C13H7Br2FN2O3. The summed E-state index contributed by atoms with van der Waals surface area (Å²) in [5, 5.41) is 13.4. The van der Waals surface area contributed by atoms with E-state index >= 15 is 0 Å². The van der Waals surface area contributed by atoms with Gasteiger partial charge >= 0.3 is 0 Å². The van der Waals surface area contributed by atoms with Gasteiger partial charge < -0.3 is 5.32 Å². The minimum atomic E-state index is -0.646. The standard InChI is InChI=1S/C13H7Br2FN2O3/c14-7-4-5-10(11(6-7)18(20)21)17-13(19)8-2-1-3-9(16)12(8)15/h1-6H,(H,17,19). The van der Waals surface area contributed by atoms with Crippen molar-refractivity contribution in [2.75, 3.05) is 5.32 Å². The lowest BCUT2D eigenvalue weighted by atomic mass is 10.2. The molecule has 0 spiro atoms. The minimum Gasteiger partial charge on any atom is -0.316 e. The van der Waals surface area contributed by atoms with Crippen LogP contribution in [0.5, 0.6) is 0 Å². The van der Waals surface area contributed by atoms with E-state index in [4.69, 9.17) is 0 Å². The van der Waals surface area contributed by atoms with Crippen LogP contribution in [0.2, 0.25) is 0 Å². The number of anilines is 1. The van der Waals surface area contributed by atoms with Crippen LogP contribution in [0, 0.1) is 15.9 Å². The molecule has 0 saturated heterocycles. The summed E-state index contributed by atoms with van der Waals surface area (Å²) in [6.07, 6.45) is 0. The molecule has 0 fully saturated rings. The molecule has 1 N–H and O–H groups in total. The minimum absolute atomic E-state index is 0.00210. The van der Waals surface area contributed by atoms with Crippen LogP contribution in [0.15, 0.2) is 45.3 Å². The molecule has 0 bridgehead atoms. The maximum Gasteiger partial charge on any atom is 0.293 e. The molecule has 0 aliphatic rings. The van der Waals surface area contributed by atoms with Gasteiger partial charge in [-0.25, -0.2) is 4.39 Å². The number of halogens is 3. The fourth-order valence-corrected chi connectivity index (χ4v) is 2.42. The molecule has 8 heteroatoms. The monoisotopic (exact) mass is 416 g/mol. The highest BCUT2D eigenvalue weighted by Crippen LogP contribution is 2.29. The SMILES string of the molecule is O=C(Nc1ccc(Br)cc1[N+](=O)[O-])c1cccc(F)c1Br. The zero-order valence-corrected chi connectivity index (χ0v) is 13.4. The Kier molecular flexibility index (Phi) is 4.69. The highest BCUT2D eigenvalue weighted by Gasteiger charge is 2.19. The molecule has 0 aliphatic carbocycles. The van der Waals surface area contributed by atoms with Crippen LogP contribution in [0.3, 0.4) is 0 Å². The molecule has 0 heterocycles. The van der Waals surface area contributed by atoms with Crippen LogP contribution >= 0.6 is 31.9 Å². The second kappa shape index (κ2) is 6.31. The first-order valence-electron chi connectivity index (χ1n) is 5.59. The number of carbonyl (C=O) groups is 1. The van der Waals surface area contributed by atoms with E-state index in [1.807, 2.05) is 0 Å². The lowest BCUT2D eigenvalue weighted by molar-refractivity contribution is -0.384. The Morgan fingerprint density at radius 1 is 1.24 bits per heavy atom. The molecule has 5 nitrogen and oxygen atoms in total. The van der Waals surface area contributed by atoms with E-state index in [1.54, 1.807) is 6.07 Å². The number of hydrogen-bond acceptors (Lipinski definition) is 3. The molecule has 0 aromatic heterocycles. The van der Waals surface area contributed by atoms with E-state index in [9.17, 15) is 19.3 Å². The average Bonchev–Trinajstić information content (AvgIpc) is 2.43. The van der Waals surface area contributed by atoms with Gasteiger partial charge in [0.05, 0.1) is 15.0 Å². The number of nitro groups is 1. The third kappa shape index (κ3) is 3.45. The van der Waals surface area contributed by atoms with E-state index in [0.29, 0.717) is 4.47 Å². The van der Waals surface area contributed by atoms with Crippen molar-refractivity contribution >= 4 is 49.1 Å². The van der Waals surface area contributed by atoms with Gasteiger partial charge in [-0.15, -0.1) is 0 Å². The van der Waals surface area contributed by atoms with E-state index < -0.39 is 16.6 Å². The Morgan fingerprint density at radius 3 is 2.62 bits per heavy atom. The number of hydrogen-bond donors (Lipinski definition) is 1. The predicted octanol–water partition coefficient (Wildman–Crippen LogP) is 4.51. The van der Waals surface area contributed by atoms with Gasteiger partial charge in [-0.2, -0.15) is 0 Å². The molecule has 0 aliphatic heterocycles. The Hall–Kier alpha value is -1.80. The van der Waals surface area contributed by atoms with Gasteiger partial charge in [-0.1, -0.05) is 22.0 Å². The summed E-state index contributed by atoms with van der Waals surface area (Å²) in [4.78, 5) is 22.5. The molecule has 2 aromatic carbocycles. The summed E-state index contributed by atoms with van der Waals surface area (Å²) >= 11 is 6.10. The van der Waals surface area contributed by atoms with Crippen molar-refractivity contribution in [2.24, 2.45) is 0 Å². The number of nitrogens with zero attached hydrogens (tertiary/aromatic N) is 1. The van der Waals surface area contributed by atoms with Crippen LogP contribution < -0.4 is 5.32 Å². The average molecular weight is 418 g/mol. The number of rotatable bonds is 3. The summed E-state index contributed by atoms with van der Waals surface area (Å²) in [5.41, 5.74) is -0.179. The zero-order chi connectivity index (χ0) is 15.6. The van der Waals surface area contributed by atoms with Gasteiger partial charge in [-0.05, 0) is 40.2 Å². The van der Waals surface area contributed by atoms with E-state index in [2.05, 4.69) is 37.2 Å². The highest BCUT2D eigenvalue weighted by molar-refractivity contribution is 9.10. The summed E-state index contributed by atoms with van der Waals surface area (Å²) in [7, 11) is 0. The number of carbonyl (C=O) groups excluding carboxylic acids is 1. The Morgan fingerprint density at radius 2 is 1.95 bits per heavy atom. The molecular weight excluding hydrogens is 411 g/mol. The first-order chi connectivity index (χ1) is 9.90. The predicted molar refractivity (Wildman–Crippen MR) is 82.8 cm³/mol. The van der Waals surface area contributed by atoms with Crippen molar-refractivity contribution < 1.29 is 14.1 Å². The molecule has 0 atom stereocenters. The zero-order valence-electron chi connectivity index (χ0n) is 10.3. The van der Waals surface area contributed by atoms with Gasteiger partial charge in [0.25, 0.3) is 11.6 Å². The first-order valence-corrected chi connectivity index (χ1v) is 7.18. The first kappa shape index (κ1) is 15.6. The Bertz CT molecular complexity index is 737. The largest absolute Gasteiger partial charge is 0.316 e. The van der Waals surface area contributed by atoms with Crippen LogP contribution in [0.4, 0.5) is 15.8 Å².